The molecule has 228 valence electrons. The SMILES string of the molecule is CCCCC(CC)Cc1cc(-c2ccc3c(c2)C(C)(C)c2cc(C)ccc2-3)cc2c(CC(CC)CCCC)cc(C)cc12. The van der Waals surface area contributed by atoms with Gasteiger partial charge in [0.2, 0.25) is 0 Å². The lowest BCUT2D eigenvalue weighted by atomic mass is 9.80. The molecule has 0 bridgehead atoms. The van der Waals surface area contributed by atoms with Crippen LogP contribution >= 0.6 is 0 Å². The van der Waals surface area contributed by atoms with Gasteiger partial charge in [-0.3, -0.25) is 0 Å². The van der Waals surface area contributed by atoms with Crippen LogP contribution in [0.1, 0.15) is 126 Å². The van der Waals surface area contributed by atoms with Gasteiger partial charge in [0.1, 0.15) is 0 Å². The van der Waals surface area contributed by atoms with Gasteiger partial charge in [-0.1, -0.05) is 153 Å². The maximum Gasteiger partial charge on any atom is 0.0159 e. The van der Waals surface area contributed by atoms with E-state index in [1.165, 1.54) is 119 Å². The molecule has 2 unspecified atom stereocenters. The molecule has 1 aliphatic rings. The normalized spacial score (nSPS) is 15.0. The average molecular weight is 573 g/mol. The molecule has 0 nitrogen and oxygen atoms in total. The van der Waals surface area contributed by atoms with E-state index in [-0.39, 0.29) is 5.41 Å². The highest BCUT2D eigenvalue weighted by molar-refractivity contribution is 5.94. The third kappa shape index (κ3) is 6.50. The van der Waals surface area contributed by atoms with Crippen LogP contribution in [0.5, 0.6) is 0 Å². The Morgan fingerprint density at radius 3 is 1.72 bits per heavy atom. The molecule has 0 heteroatoms. The Labute approximate surface area is 263 Å². The molecule has 0 radical (unpaired) electrons. The van der Waals surface area contributed by atoms with Gasteiger partial charge in [0.15, 0.2) is 0 Å². The van der Waals surface area contributed by atoms with Gasteiger partial charge >= 0.3 is 0 Å². The second-order valence-electron chi connectivity index (χ2n) is 14.3. The molecule has 0 saturated heterocycles. The maximum absolute atomic E-state index is 2.56. The van der Waals surface area contributed by atoms with Crippen molar-refractivity contribution in [1.82, 2.24) is 0 Å². The van der Waals surface area contributed by atoms with Gasteiger partial charge in [-0.15, -0.1) is 0 Å². The van der Waals surface area contributed by atoms with Crippen molar-refractivity contribution in [3.05, 3.63) is 94.0 Å². The van der Waals surface area contributed by atoms with Crippen molar-refractivity contribution in [2.45, 2.75) is 125 Å². The number of unbranched alkanes of at least 4 members (excludes halogenated alkanes) is 2. The van der Waals surface area contributed by atoms with Crippen LogP contribution in [0.25, 0.3) is 33.0 Å². The van der Waals surface area contributed by atoms with Crippen molar-refractivity contribution in [3.63, 3.8) is 0 Å². The topological polar surface area (TPSA) is 0 Å². The summed E-state index contributed by atoms with van der Waals surface area (Å²) in [6.07, 6.45) is 12.8. The summed E-state index contributed by atoms with van der Waals surface area (Å²) in [7, 11) is 0. The molecule has 43 heavy (non-hydrogen) atoms. The van der Waals surface area contributed by atoms with Gasteiger partial charge in [-0.05, 0) is 106 Å². The van der Waals surface area contributed by atoms with Gasteiger partial charge in [-0.25, -0.2) is 0 Å². The minimum Gasteiger partial charge on any atom is -0.0654 e. The quantitative estimate of drug-likeness (QED) is 0.149. The second kappa shape index (κ2) is 13.4. The smallest absolute Gasteiger partial charge is 0.0159 e. The van der Waals surface area contributed by atoms with Crippen LogP contribution in [0.4, 0.5) is 0 Å². The fraction of sp³-hybridized carbons (Fsp3) is 0.488. The summed E-state index contributed by atoms with van der Waals surface area (Å²) in [6, 6.07) is 24.4. The standard InChI is InChI=1S/C43H56/c1-9-13-15-31(11-3)24-35-21-30(6)22-39-36(25-32(12-4)16-14-10-2)26-34(27-40(35)39)33-18-20-38-37-19-17-29(5)23-41(37)43(7,8)42(38)28-33/h17-23,26-28,31-32H,9-16,24-25H2,1-8H3. The Morgan fingerprint density at radius 1 is 0.558 bits per heavy atom. The lowest BCUT2D eigenvalue weighted by molar-refractivity contribution is 0.449. The van der Waals surface area contributed by atoms with Gasteiger partial charge in [0.25, 0.3) is 0 Å². The van der Waals surface area contributed by atoms with Gasteiger partial charge in [0, 0.05) is 5.41 Å². The Hall–Kier alpha value is -2.86. The Balaban J connectivity index is 1.66. The van der Waals surface area contributed by atoms with Crippen molar-refractivity contribution in [3.8, 4) is 22.3 Å². The van der Waals surface area contributed by atoms with Crippen molar-refractivity contribution >= 4 is 10.8 Å². The van der Waals surface area contributed by atoms with E-state index in [1.807, 2.05) is 0 Å². The van der Waals surface area contributed by atoms with Crippen molar-refractivity contribution in [2.24, 2.45) is 11.8 Å². The van der Waals surface area contributed by atoms with Crippen LogP contribution in [-0.4, -0.2) is 0 Å². The zero-order valence-electron chi connectivity index (χ0n) is 28.5. The number of benzene rings is 4. The highest BCUT2D eigenvalue weighted by atomic mass is 14.4. The van der Waals surface area contributed by atoms with E-state index < -0.39 is 0 Å². The van der Waals surface area contributed by atoms with Crippen LogP contribution in [0.3, 0.4) is 0 Å². The van der Waals surface area contributed by atoms with E-state index in [1.54, 1.807) is 11.1 Å². The highest BCUT2D eigenvalue weighted by Gasteiger charge is 2.35. The molecule has 1 aliphatic carbocycles. The molecule has 2 atom stereocenters. The minimum absolute atomic E-state index is 0.00965. The van der Waals surface area contributed by atoms with E-state index >= 15 is 0 Å². The molecule has 4 aromatic carbocycles. The van der Waals surface area contributed by atoms with Crippen molar-refractivity contribution in [2.75, 3.05) is 0 Å². The molecule has 5 rings (SSSR count). The second-order valence-corrected chi connectivity index (χ2v) is 14.3. The average Bonchev–Trinajstić information content (AvgIpc) is 3.22. The highest BCUT2D eigenvalue weighted by Crippen LogP contribution is 2.50. The van der Waals surface area contributed by atoms with Crippen molar-refractivity contribution < 1.29 is 0 Å². The van der Waals surface area contributed by atoms with E-state index in [0.717, 1.165) is 11.8 Å². The molecule has 0 aromatic heterocycles. The van der Waals surface area contributed by atoms with Crippen LogP contribution < -0.4 is 0 Å². The molecule has 0 amide bonds. The van der Waals surface area contributed by atoms with E-state index in [4.69, 9.17) is 0 Å². The predicted octanol–water partition coefficient (Wildman–Crippen LogP) is 12.9. The van der Waals surface area contributed by atoms with E-state index in [0.29, 0.717) is 0 Å². The number of hydrogen-bond donors (Lipinski definition) is 0. The third-order valence-electron chi connectivity index (χ3n) is 10.7. The fourth-order valence-electron chi connectivity index (χ4n) is 7.82. The summed E-state index contributed by atoms with van der Waals surface area (Å²) in [6.45, 7) is 18.8. The van der Waals surface area contributed by atoms with Gasteiger partial charge < -0.3 is 0 Å². The monoisotopic (exact) mass is 572 g/mol. The zero-order valence-corrected chi connectivity index (χ0v) is 28.5. The number of fused-ring (bicyclic) bond motifs is 4. The fourth-order valence-corrected chi connectivity index (χ4v) is 7.82. The van der Waals surface area contributed by atoms with Crippen LogP contribution in [0, 0.1) is 25.7 Å². The predicted molar refractivity (Wildman–Crippen MR) is 190 cm³/mol. The number of hydrogen-bond acceptors (Lipinski definition) is 0. The first-order valence-corrected chi connectivity index (χ1v) is 17.5. The van der Waals surface area contributed by atoms with Crippen LogP contribution in [0.2, 0.25) is 0 Å². The van der Waals surface area contributed by atoms with E-state index in [2.05, 4.69) is 116 Å². The first kappa shape index (κ1) is 31.6. The lowest BCUT2D eigenvalue weighted by Crippen LogP contribution is -2.15. The minimum atomic E-state index is 0.00965. The summed E-state index contributed by atoms with van der Waals surface area (Å²) in [4.78, 5) is 0. The summed E-state index contributed by atoms with van der Waals surface area (Å²) in [5.41, 5.74) is 14.4. The first-order valence-electron chi connectivity index (χ1n) is 17.5. The molecule has 4 aromatic rings. The molecule has 0 N–H and O–H groups in total. The summed E-state index contributed by atoms with van der Waals surface area (Å²) < 4.78 is 0. The molecule has 0 fully saturated rings. The summed E-state index contributed by atoms with van der Waals surface area (Å²) in [5.74, 6) is 1.50. The molecule has 0 heterocycles. The first-order chi connectivity index (χ1) is 20.7. The lowest BCUT2D eigenvalue weighted by Gasteiger charge is -2.23. The van der Waals surface area contributed by atoms with Gasteiger partial charge in [-0.2, -0.15) is 0 Å². The van der Waals surface area contributed by atoms with Crippen LogP contribution in [0.15, 0.2) is 60.7 Å². The Morgan fingerprint density at radius 2 is 1.12 bits per heavy atom. The molecule has 0 spiro atoms. The largest absolute Gasteiger partial charge is 0.0654 e. The summed E-state index contributed by atoms with van der Waals surface area (Å²) in [5, 5.41) is 3.00. The zero-order chi connectivity index (χ0) is 30.7. The Kier molecular flexibility index (Phi) is 9.85. The third-order valence-corrected chi connectivity index (χ3v) is 10.7. The van der Waals surface area contributed by atoms with Crippen molar-refractivity contribution in [1.29, 1.82) is 0 Å². The summed E-state index contributed by atoms with van der Waals surface area (Å²) >= 11 is 0. The Bertz CT molecular complexity index is 1570. The maximum atomic E-state index is 2.56. The van der Waals surface area contributed by atoms with E-state index in [9.17, 15) is 0 Å². The van der Waals surface area contributed by atoms with Crippen LogP contribution in [-0.2, 0) is 18.3 Å². The molecular formula is C43H56. The molecule has 0 saturated carbocycles. The number of aryl methyl sites for hydroxylation is 2. The number of rotatable bonds is 13. The molecule has 0 aliphatic heterocycles. The van der Waals surface area contributed by atoms with Gasteiger partial charge in [0.05, 0.1) is 0 Å². The molecular weight excluding hydrogens is 516 g/mol.